The van der Waals surface area contributed by atoms with Crippen molar-refractivity contribution in [1.29, 1.82) is 0 Å². The standard InChI is InChI=1S/C54H39N5O.C50H31N5O/c1-32-10-20-47-41(26-32)42-27-33(2)11-21-48(42)58(47)39-18-24-51-45(30-39)46-31-40(59-49-22-12-34(3)28-43(49)44-29-35(4)13-23-50(44)59)19-25-52(46)57(51)38-16-14-37(15-17-38)54-55-53(56-60-54)36-8-6-5-7-9-36;1-2-12-32(13-3-1)49-51-50(56-52-49)33-22-24-34(25-23-33)53-47-28-26-35(54-43-18-8-4-14-37(43)38-15-5-9-19-44(38)54)30-41(47)42-31-36(27-29-48(42)53)55-45-20-10-6-16-39(45)40-17-7-11-21-46(40)55/h5-31H,1-4H3;1-31H. The second-order valence-electron chi connectivity index (χ2n) is 30.6. The van der Waals surface area contributed by atoms with Crippen molar-refractivity contribution in [1.82, 2.24) is 47.7 Å². The normalized spacial score (nSPS) is 12.0. The number of hydrogen-bond donors (Lipinski definition) is 0. The molecule has 0 aliphatic carbocycles. The minimum Gasteiger partial charge on any atom is -0.334 e. The van der Waals surface area contributed by atoms with E-state index in [1.807, 2.05) is 60.7 Å². The molecule has 12 nitrogen and oxygen atoms in total. The average Bonchev–Trinajstić information content (AvgIpc) is 1.58. The first-order valence-electron chi connectivity index (χ1n) is 39.3. The molecule has 0 amide bonds. The summed E-state index contributed by atoms with van der Waals surface area (Å²) in [5.74, 6) is 2.13. The zero-order valence-electron chi connectivity index (χ0n) is 63.8. The van der Waals surface area contributed by atoms with E-state index in [0.717, 1.165) is 78.4 Å². The van der Waals surface area contributed by atoms with Gasteiger partial charge in [0.15, 0.2) is 0 Å². The molecule has 0 spiro atoms. The van der Waals surface area contributed by atoms with Crippen LogP contribution in [0.2, 0.25) is 0 Å². The highest BCUT2D eigenvalue weighted by atomic mass is 16.5. The Hall–Kier alpha value is -15.4. The maximum Gasteiger partial charge on any atom is 0.258 e. The number of aryl methyl sites for hydroxylation is 4. The van der Waals surface area contributed by atoms with Crippen molar-refractivity contribution in [3.63, 3.8) is 0 Å². The topological polar surface area (TPSA) is 107 Å². The third-order valence-electron chi connectivity index (χ3n) is 23.5. The maximum atomic E-state index is 5.75. The van der Waals surface area contributed by atoms with E-state index in [1.165, 1.54) is 131 Å². The van der Waals surface area contributed by atoms with Gasteiger partial charge in [0, 0.05) is 121 Å². The molecule has 8 heterocycles. The molecular weight excluding hydrogens is 1420 g/mol. The lowest BCUT2D eigenvalue weighted by atomic mass is 10.1. The molecule has 548 valence electrons. The first-order valence-corrected chi connectivity index (χ1v) is 39.3. The number of nitrogens with zero attached hydrogens (tertiary/aromatic N) is 10. The van der Waals surface area contributed by atoms with Crippen LogP contribution >= 0.6 is 0 Å². The van der Waals surface area contributed by atoms with Crippen LogP contribution in [0.25, 0.3) is 211 Å². The predicted molar refractivity (Wildman–Crippen MR) is 475 cm³/mol. The number of fused-ring (bicyclic) bond motifs is 18. The van der Waals surface area contributed by atoms with E-state index in [9.17, 15) is 0 Å². The number of benzene rings is 16. The van der Waals surface area contributed by atoms with Crippen LogP contribution in [0.3, 0.4) is 0 Å². The summed E-state index contributed by atoms with van der Waals surface area (Å²) in [4.78, 5) is 9.44. The Kier molecular flexibility index (Phi) is 14.9. The quantitative estimate of drug-likeness (QED) is 0.135. The summed E-state index contributed by atoms with van der Waals surface area (Å²) in [5.41, 5.74) is 29.3. The lowest BCUT2D eigenvalue weighted by Crippen LogP contribution is -1.96. The molecule has 0 bridgehead atoms. The van der Waals surface area contributed by atoms with Crippen LogP contribution in [-0.2, 0) is 0 Å². The molecular formula is C104H70N10O2. The van der Waals surface area contributed by atoms with E-state index in [0.29, 0.717) is 23.4 Å². The Bertz CT molecular complexity index is 7540. The van der Waals surface area contributed by atoms with Crippen molar-refractivity contribution in [3.05, 3.63) is 374 Å². The smallest absolute Gasteiger partial charge is 0.258 e. The van der Waals surface area contributed by atoms with E-state index >= 15 is 0 Å². The van der Waals surface area contributed by atoms with Crippen LogP contribution in [0.15, 0.2) is 361 Å². The summed E-state index contributed by atoms with van der Waals surface area (Å²) >= 11 is 0. The van der Waals surface area contributed by atoms with Crippen molar-refractivity contribution in [3.8, 4) is 79.8 Å². The van der Waals surface area contributed by atoms with Crippen LogP contribution in [0.5, 0.6) is 0 Å². The van der Waals surface area contributed by atoms with Gasteiger partial charge in [-0.05, 0) is 222 Å². The highest BCUT2D eigenvalue weighted by Gasteiger charge is 2.24. The van der Waals surface area contributed by atoms with Crippen LogP contribution in [0, 0.1) is 27.7 Å². The monoisotopic (exact) mass is 1490 g/mol. The lowest BCUT2D eigenvalue weighted by Gasteiger charge is -2.11. The number of aromatic nitrogens is 10. The average molecular weight is 1490 g/mol. The van der Waals surface area contributed by atoms with E-state index in [-0.39, 0.29) is 0 Å². The summed E-state index contributed by atoms with van der Waals surface area (Å²) in [7, 11) is 0. The number of hydrogen-bond acceptors (Lipinski definition) is 6. The zero-order chi connectivity index (χ0) is 77.0. The van der Waals surface area contributed by atoms with Gasteiger partial charge in [0.2, 0.25) is 11.6 Å². The van der Waals surface area contributed by atoms with Crippen LogP contribution in [0.4, 0.5) is 0 Å². The molecule has 0 aliphatic rings. The molecule has 0 atom stereocenters. The minimum atomic E-state index is 0.490. The predicted octanol–water partition coefficient (Wildman–Crippen LogP) is 26.6. The molecule has 0 saturated heterocycles. The van der Waals surface area contributed by atoms with Gasteiger partial charge in [-0.25, -0.2) is 0 Å². The van der Waals surface area contributed by atoms with E-state index in [2.05, 4.69) is 357 Å². The molecule has 0 fully saturated rings. The van der Waals surface area contributed by atoms with Gasteiger partial charge in [-0.3, -0.25) is 0 Å². The summed E-state index contributed by atoms with van der Waals surface area (Å²) in [6, 6.07) is 126. The van der Waals surface area contributed by atoms with Gasteiger partial charge >= 0.3 is 0 Å². The number of rotatable bonds is 10. The van der Waals surface area contributed by atoms with Crippen LogP contribution < -0.4 is 0 Å². The second kappa shape index (κ2) is 26.1. The zero-order valence-corrected chi connectivity index (χ0v) is 63.8. The molecule has 0 N–H and O–H groups in total. The van der Waals surface area contributed by atoms with Gasteiger partial charge in [-0.2, -0.15) is 9.97 Å². The summed E-state index contributed by atoms with van der Waals surface area (Å²) < 4.78 is 25.9. The fourth-order valence-electron chi connectivity index (χ4n) is 18.2. The van der Waals surface area contributed by atoms with Crippen molar-refractivity contribution >= 4 is 131 Å². The van der Waals surface area contributed by atoms with Gasteiger partial charge in [0.25, 0.3) is 11.8 Å². The lowest BCUT2D eigenvalue weighted by molar-refractivity contribution is 0.432. The molecule has 116 heavy (non-hydrogen) atoms. The summed E-state index contributed by atoms with van der Waals surface area (Å²) in [5, 5.41) is 23.3. The Balaban J connectivity index is 0.000000137. The third kappa shape index (κ3) is 10.5. The Morgan fingerprint density at radius 2 is 0.397 bits per heavy atom. The van der Waals surface area contributed by atoms with E-state index < -0.39 is 0 Å². The summed E-state index contributed by atoms with van der Waals surface area (Å²) in [6.45, 7) is 8.69. The van der Waals surface area contributed by atoms with Gasteiger partial charge in [-0.15, -0.1) is 0 Å². The first kappa shape index (κ1) is 66.4. The minimum absolute atomic E-state index is 0.490. The Morgan fingerprint density at radius 3 is 0.672 bits per heavy atom. The largest absolute Gasteiger partial charge is 0.334 e. The Morgan fingerprint density at radius 1 is 0.181 bits per heavy atom. The Labute approximate surface area is 665 Å². The molecule has 0 aliphatic heterocycles. The highest BCUT2D eigenvalue weighted by molar-refractivity contribution is 6.17. The highest BCUT2D eigenvalue weighted by Crippen LogP contribution is 2.44. The first-order chi connectivity index (χ1) is 57.1. The molecule has 0 radical (unpaired) electrons. The fraction of sp³-hybridized carbons (Fsp3) is 0.0385. The van der Waals surface area contributed by atoms with Crippen LogP contribution in [0.1, 0.15) is 22.3 Å². The molecule has 16 aromatic carbocycles. The van der Waals surface area contributed by atoms with Gasteiger partial charge in [-0.1, -0.05) is 190 Å². The molecule has 12 heteroatoms. The van der Waals surface area contributed by atoms with Crippen LogP contribution in [-0.4, -0.2) is 47.7 Å². The fourth-order valence-corrected chi connectivity index (χ4v) is 18.2. The maximum absolute atomic E-state index is 5.75. The molecule has 24 aromatic rings. The van der Waals surface area contributed by atoms with Crippen molar-refractivity contribution in [2.45, 2.75) is 27.7 Å². The SMILES string of the molecule is Cc1ccc2c(c1)c1cc(C)ccc1n2-c1ccc2c(c1)c1cc(-n3c4ccc(C)cc4c4cc(C)ccc43)ccc1n2-c1ccc(-c2nc(-c3ccccc3)no2)cc1.c1ccc(-c2noc(-c3ccc(-n4c5ccc(-n6c7ccccc7c7ccccc76)cc5c5cc(-n6c7ccccc7c7ccccc76)ccc54)cc3)n2)cc1. The summed E-state index contributed by atoms with van der Waals surface area (Å²) in [6.07, 6.45) is 0. The van der Waals surface area contributed by atoms with E-state index in [1.54, 1.807) is 0 Å². The van der Waals surface area contributed by atoms with Gasteiger partial charge < -0.3 is 36.4 Å². The molecule has 0 saturated carbocycles. The van der Waals surface area contributed by atoms with Gasteiger partial charge in [0.1, 0.15) is 0 Å². The molecule has 8 aromatic heterocycles. The van der Waals surface area contributed by atoms with Crippen molar-refractivity contribution in [2.75, 3.05) is 0 Å². The van der Waals surface area contributed by atoms with Crippen molar-refractivity contribution in [2.24, 2.45) is 0 Å². The number of para-hydroxylation sites is 4. The van der Waals surface area contributed by atoms with Gasteiger partial charge in [0.05, 0.1) is 66.2 Å². The molecule has 24 rings (SSSR count). The third-order valence-corrected chi connectivity index (χ3v) is 23.5. The van der Waals surface area contributed by atoms with Crippen molar-refractivity contribution < 1.29 is 9.05 Å². The molecule has 0 unspecified atom stereocenters. The van der Waals surface area contributed by atoms with E-state index in [4.69, 9.17) is 19.0 Å². The second-order valence-corrected chi connectivity index (χ2v) is 30.6.